The van der Waals surface area contributed by atoms with E-state index in [9.17, 15) is 14.7 Å². The van der Waals surface area contributed by atoms with Gasteiger partial charge in [0.05, 0.1) is 15.9 Å². The number of hydrogen-bond donors (Lipinski definition) is 1. The molecular weight excluding hydrogens is 442 g/mol. The maximum atomic E-state index is 12.4. The number of aromatic hydroxyl groups is 1. The average molecular weight is 455 g/mol. The highest BCUT2D eigenvalue weighted by Gasteiger charge is 2.34. The summed E-state index contributed by atoms with van der Waals surface area (Å²) in [5.74, 6) is 0.365. The lowest BCUT2D eigenvalue weighted by Gasteiger charge is -2.13. The van der Waals surface area contributed by atoms with E-state index in [1.807, 2.05) is 0 Å². The van der Waals surface area contributed by atoms with Crippen LogP contribution in [0, 0.1) is 0 Å². The molecule has 26 heavy (non-hydrogen) atoms. The van der Waals surface area contributed by atoms with E-state index in [0.29, 0.717) is 25.7 Å². The van der Waals surface area contributed by atoms with Gasteiger partial charge in [0, 0.05) is 5.02 Å². The molecule has 5 nitrogen and oxygen atoms in total. The van der Waals surface area contributed by atoms with Crippen LogP contribution >= 0.6 is 39.3 Å². The number of carbonyl (C=O) groups is 2. The van der Waals surface area contributed by atoms with Crippen LogP contribution in [0.1, 0.15) is 5.56 Å². The molecule has 0 spiro atoms. The number of halogens is 2. The predicted molar refractivity (Wildman–Crippen MR) is 105 cm³/mol. The molecular formula is C18H13BrClNO4S. The van der Waals surface area contributed by atoms with Gasteiger partial charge >= 0.3 is 0 Å². The summed E-state index contributed by atoms with van der Waals surface area (Å²) in [6.45, 7) is 0.349. The summed E-state index contributed by atoms with van der Waals surface area (Å²) in [6.07, 6.45) is 1.62. The van der Waals surface area contributed by atoms with Crippen LogP contribution in [0.2, 0.25) is 5.02 Å². The third-order valence-corrected chi connectivity index (χ3v) is 5.33. The van der Waals surface area contributed by atoms with Crippen LogP contribution in [0.15, 0.2) is 51.8 Å². The maximum absolute atomic E-state index is 12.4. The number of benzene rings is 2. The third kappa shape index (κ3) is 4.41. The number of amides is 2. The fraction of sp³-hybridized carbons (Fsp3) is 0.111. The topological polar surface area (TPSA) is 66.8 Å². The number of rotatable bonds is 5. The maximum Gasteiger partial charge on any atom is 0.293 e. The lowest BCUT2D eigenvalue weighted by atomic mass is 10.2. The van der Waals surface area contributed by atoms with Gasteiger partial charge in [-0.25, -0.2) is 0 Å². The Bertz CT molecular complexity index is 885. The summed E-state index contributed by atoms with van der Waals surface area (Å²) in [5.41, 5.74) is 0.706. The summed E-state index contributed by atoms with van der Waals surface area (Å²) in [7, 11) is 0. The number of nitrogens with zero attached hydrogens (tertiary/aromatic N) is 1. The number of phenolic OH excluding ortho intramolecular Hbond substituents is 1. The molecule has 3 rings (SSSR count). The van der Waals surface area contributed by atoms with Crippen molar-refractivity contribution in [3.05, 3.63) is 62.4 Å². The van der Waals surface area contributed by atoms with Crippen molar-refractivity contribution in [2.24, 2.45) is 0 Å². The summed E-state index contributed by atoms with van der Waals surface area (Å²) < 4.78 is 6.05. The fourth-order valence-corrected chi connectivity index (χ4v) is 3.63. The van der Waals surface area contributed by atoms with Crippen LogP contribution in [-0.2, 0) is 4.79 Å². The van der Waals surface area contributed by atoms with Crippen molar-refractivity contribution >= 4 is 56.5 Å². The SMILES string of the molecule is O=C1S/C(=C\c2ccc(O)c(Br)c2)C(=O)N1CCOc1ccc(Cl)cc1. The standard InChI is InChI=1S/C18H13BrClNO4S/c19-14-9-11(1-6-15(14)22)10-16-17(23)21(18(24)26-16)7-8-25-13-4-2-12(20)3-5-13/h1-6,9-10,22H,7-8H2/b16-10-. The van der Waals surface area contributed by atoms with E-state index in [1.165, 1.54) is 6.07 Å². The summed E-state index contributed by atoms with van der Waals surface area (Å²) in [4.78, 5) is 26.0. The van der Waals surface area contributed by atoms with Crippen LogP contribution < -0.4 is 4.74 Å². The Morgan fingerprint density at radius 3 is 2.62 bits per heavy atom. The Balaban J connectivity index is 1.63. The van der Waals surface area contributed by atoms with Crippen molar-refractivity contribution in [1.82, 2.24) is 4.90 Å². The van der Waals surface area contributed by atoms with Gasteiger partial charge in [-0.15, -0.1) is 0 Å². The minimum Gasteiger partial charge on any atom is -0.507 e. The van der Waals surface area contributed by atoms with Gasteiger partial charge in [-0.05, 0) is 75.7 Å². The molecule has 1 aliphatic rings. The number of carbonyl (C=O) groups excluding carboxylic acids is 2. The molecule has 0 aromatic heterocycles. The van der Waals surface area contributed by atoms with Crippen LogP contribution in [0.3, 0.4) is 0 Å². The summed E-state index contributed by atoms with van der Waals surface area (Å²) in [5, 5.41) is 9.80. The zero-order valence-electron chi connectivity index (χ0n) is 13.3. The molecule has 2 amide bonds. The second-order valence-electron chi connectivity index (χ2n) is 5.35. The molecule has 0 radical (unpaired) electrons. The molecule has 1 aliphatic heterocycles. The van der Waals surface area contributed by atoms with Crippen molar-refractivity contribution in [1.29, 1.82) is 0 Å². The molecule has 1 saturated heterocycles. The van der Waals surface area contributed by atoms with E-state index in [1.54, 1.807) is 42.5 Å². The molecule has 2 aromatic rings. The van der Waals surface area contributed by atoms with Crippen LogP contribution in [0.5, 0.6) is 11.5 Å². The quantitative estimate of drug-likeness (QED) is 0.649. The highest BCUT2D eigenvalue weighted by atomic mass is 79.9. The predicted octanol–water partition coefficient (Wildman–Crippen LogP) is 4.92. The number of hydrogen-bond acceptors (Lipinski definition) is 5. The van der Waals surface area contributed by atoms with E-state index < -0.39 is 0 Å². The zero-order valence-corrected chi connectivity index (χ0v) is 16.5. The molecule has 0 atom stereocenters. The van der Waals surface area contributed by atoms with Gasteiger partial charge in [0.2, 0.25) is 0 Å². The van der Waals surface area contributed by atoms with E-state index >= 15 is 0 Å². The molecule has 1 N–H and O–H groups in total. The van der Waals surface area contributed by atoms with E-state index in [2.05, 4.69) is 15.9 Å². The first-order valence-electron chi connectivity index (χ1n) is 7.56. The molecule has 0 aliphatic carbocycles. The molecule has 134 valence electrons. The number of phenols is 1. The number of ether oxygens (including phenoxy) is 1. The molecule has 0 unspecified atom stereocenters. The Morgan fingerprint density at radius 1 is 1.19 bits per heavy atom. The summed E-state index contributed by atoms with van der Waals surface area (Å²) in [6, 6.07) is 11.7. The van der Waals surface area contributed by atoms with Gasteiger partial charge in [0.1, 0.15) is 18.1 Å². The highest BCUT2D eigenvalue weighted by molar-refractivity contribution is 9.10. The van der Waals surface area contributed by atoms with E-state index in [4.69, 9.17) is 16.3 Å². The monoisotopic (exact) mass is 453 g/mol. The molecule has 1 fully saturated rings. The highest BCUT2D eigenvalue weighted by Crippen LogP contribution is 2.33. The Kier molecular flexibility index (Phi) is 5.90. The number of thioether (sulfide) groups is 1. The first kappa shape index (κ1) is 18.8. The first-order chi connectivity index (χ1) is 12.4. The molecule has 1 heterocycles. The van der Waals surface area contributed by atoms with E-state index in [-0.39, 0.29) is 30.0 Å². The molecule has 0 saturated carbocycles. The minimum absolute atomic E-state index is 0.106. The lowest BCUT2D eigenvalue weighted by Crippen LogP contribution is -2.32. The Labute approximate surface area is 167 Å². The smallest absolute Gasteiger partial charge is 0.293 e. The van der Waals surface area contributed by atoms with Gasteiger partial charge in [0.25, 0.3) is 11.1 Å². The normalized spacial score (nSPS) is 15.8. The van der Waals surface area contributed by atoms with Crippen molar-refractivity contribution < 1.29 is 19.4 Å². The van der Waals surface area contributed by atoms with Gasteiger partial charge in [0.15, 0.2) is 0 Å². The molecule has 8 heteroatoms. The minimum atomic E-state index is -0.357. The lowest BCUT2D eigenvalue weighted by molar-refractivity contribution is -0.123. The van der Waals surface area contributed by atoms with Crippen molar-refractivity contribution in [3.63, 3.8) is 0 Å². The van der Waals surface area contributed by atoms with Crippen molar-refractivity contribution in [3.8, 4) is 11.5 Å². The van der Waals surface area contributed by atoms with Gasteiger partial charge in [-0.2, -0.15) is 0 Å². The van der Waals surface area contributed by atoms with Gasteiger partial charge in [-0.1, -0.05) is 17.7 Å². The first-order valence-corrected chi connectivity index (χ1v) is 9.55. The van der Waals surface area contributed by atoms with Gasteiger partial charge < -0.3 is 9.84 Å². The number of imide groups is 1. The second-order valence-corrected chi connectivity index (χ2v) is 7.63. The zero-order chi connectivity index (χ0) is 18.7. The second kappa shape index (κ2) is 8.16. The van der Waals surface area contributed by atoms with Crippen LogP contribution in [0.4, 0.5) is 4.79 Å². The molecule has 0 bridgehead atoms. The van der Waals surface area contributed by atoms with Crippen LogP contribution in [0.25, 0.3) is 6.08 Å². The largest absolute Gasteiger partial charge is 0.507 e. The fourth-order valence-electron chi connectivity index (χ4n) is 2.24. The molecule has 2 aromatic carbocycles. The van der Waals surface area contributed by atoms with E-state index in [0.717, 1.165) is 16.7 Å². The average Bonchev–Trinajstić information content (AvgIpc) is 2.87. The third-order valence-electron chi connectivity index (χ3n) is 3.54. The van der Waals surface area contributed by atoms with Crippen molar-refractivity contribution in [2.45, 2.75) is 0 Å². The van der Waals surface area contributed by atoms with Crippen molar-refractivity contribution in [2.75, 3.05) is 13.2 Å². The Hall–Kier alpha value is -1.96. The summed E-state index contributed by atoms with van der Waals surface area (Å²) >= 11 is 9.91. The van der Waals surface area contributed by atoms with Crippen LogP contribution in [-0.4, -0.2) is 34.3 Å². The Morgan fingerprint density at radius 2 is 1.92 bits per heavy atom. The van der Waals surface area contributed by atoms with Gasteiger partial charge in [-0.3, -0.25) is 14.5 Å².